The monoisotopic (exact) mass is 391 g/mol. The lowest BCUT2D eigenvalue weighted by Crippen LogP contribution is -2.75. The van der Waals surface area contributed by atoms with E-state index in [1.54, 1.807) is 0 Å². The second kappa shape index (κ2) is 9.62. The number of halogens is 2. The van der Waals surface area contributed by atoms with Crippen molar-refractivity contribution in [3.63, 3.8) is 0 Å². The maximum atomic E-state index is 12.5. The smallest absolute Gasteiger partial charge is 0.240 e. The van der Waals surface area contributed by atoms with Crippen LogP contribution in [0.15, 0.2) is 30.3 Å². The van der Waals surface area contributed by atoms with Gasteiger partial charge in [0.1, 0.15) is 5.54 Å². The molecule has 0 aromatic heterocycles. The van der Waals surface area contributed by atoms with Gasteiger partial charge in [0, 0.05) is 44.3 Å². The Balaban J connectivity index is 0.00000288. The van der Waals surface area contributed by atoms with E-state index in [-0.39, 0.29) is 42.2 Å². The van der Waals surface area contributed by atoms with E-state index in [1.165, 1.54) is 0 Å². The zero-order valence-corrected chi connectivity index (χ0v) is 17.1. The van der Waals surface area contributed by atoms with Gasteiger partial charge in [-0.25, -0.2) is 0 Å². The van der Waals surface area contributed by atoms with E-state index >= 15 is 0 Å². The van der Waals surface area contributed by atoms with Gasteiger partial charge in [-0.2, -0.15) is 0 Å². The van der Waals surface area contributed by atoms with Crippen LogP contribution in [0.25, 0.3) is 0 Å². The SMILES string of the molecule is CCOC1CC(N)(C(=O)NCCN(C)c2ccccc2)C1(C)C.Cl.Cl. The van der Waals surface area contributed by atoms with Gasteiger partial charge in [-0.1, -0.05) is 32.0 Å². The third-order valence-corrected chi connectivity index (χ3v) is 5.16. The minimum Gasteiger partial charge on any atom is -0.378 e. The number of carbonyl (C=O) groups is 1. The first-order valence-electron chi connectivity index (χ1n) is 8.28. The Morgan fingerprint density at radius 2 is 1.92 bits per heavy atom. The van der Waals surface area contributed by atoms with Crippen LogP contribution in [0.5, 0.6) is 0 Å². The molecule has 0 spiro atoms. The minimum absolute atomic E-state index is 0. The minimum atomic E-state index is -0.849. The number of carbonyl (C=O) groups excluding carboxylic acids is 1. The maximum Gasteiger partial charge on any atom is 0.240 e. The highest BCUT2D eigenvalue weighted by Crippen LogP contribution is 2.49. The average Bonchev–Trinajstić information content (AvgIpc) is 2.55. The van der Waals surface area contributed by atoms with Crippen LogP contribution in [0.1, 0.15) is 27.2 Å². The number of nitrogens with one attached hydrogen (secondary N) is 1. The van der Waals surface area contributed by atoms with E-state index in [9.17, 15) is 4.79 Å². The molecule has 0 heterocycles. The molecule has 25 heavy (non-hydrogen) atoms. The Hall–Kier alpha value is -1.01. The van der Waals surface area contributed by atoms with Crippen LogP contribution in [0, 0.1) is 5.41 Å². The number of rotatable bonds is 7. The fourth-order valence-corrected chi connectivity index (χ4v) is 3.13. The lowest BCUT2D eigenvalue weighted by atomic mass is 9.54. The van der Waals surface area contributed by atoms with Crippen molar-refractivity contribution in [2.75, 3.05) is 31.6 Å². The van der Waals surface area contributed by atoms with Gasteiger partial charge in [0.15, 0.2) is 0 Å². The Bertz CT molecular complexity index is 542. The summed E-state index contributed by atoms with van der Waals surface area (Å²) in [5, 5.41) is 2.98. The fraction of sp³-hybridized carbons (Fsp3) is 0.611. The van der Waals surface area contributed by atoms with Crippen LogP contribution < -0.4 is 16.0 Å². The molecule has 0 saturated heterocycles. The van der Waals surface area contributed by atoms with Crippen molar-refractivity contribution in [3.05, 3.63) is 30.3 Å². The second-order valence-corrected chi connectivity index (χ2v) is 6.85. The molecule has 3 N–H and O–H groups in total. The van der Waals surface area contributed by atoms with Gasteiger partial charge in [0.05, 0.1) is 6.10 Å². The van der Waals surface area contributed by atoms with Crippen molar-refractivity contribution in [2.24, 2.45) is 11.1 Å². The van der Waals surface area contributed by atoms with Gasteiger partial charge in [0.25, 0.3) is 0 Å². The molecular formula is C18H31Cl2N3O2. The van der Waals surface area contributed by atoms with Crippen molar-refractivity contribution in [2.45, 2.75) is 38.8 Å². The van der Waals surface area contributed by atoms with Crippen LogP contribution in [0.4, 0.5) is 5.69 Å². The van der Waals surface area contributed by atoms with E-state index < -0.39 is 5.54 Å². The second-order valence-electron chi connectivity index (χ2n) is 6.85. The standard InChI is InChI=1S/C18H29N3O2.2ClH/c1-5-23-15-13-18(19,17(15,2)3)16(22)20-11-12-21(4)14-9-7-6-8-10-14;;/h6-10,15H,5,11-13,19H2,1-4H3,(H,20,22);2*1H. The molecule has 1 aliphatic carbocycles. The van der Waals surface area contributed by atoms with Crippen molar-refractivity contribution < 1.29 is 9.53 Å². The highest BCUT2D eigenvalue weighted by Gasteiger charge is 2.62. The number of benzene rings is 1. The summed E-state index contributed by atoms with van der Waals surface area (Å²) in [7, 11) is 2.01. The number of hydrogen-bond acceptors (Lipinski definition) is 4. The van der Waals surface area contributed by atoms with Crippen LogP contribution in [0.3, 0.4) is 0 Å². The zero-order chi connectivity index (χ0) is 17.1. The number of hydrogen-bond donors (Lipinski definition) is 2. The highest BCUT2D eigenvalue weighted by atomic mass is 35.5. The molecule has 0 radical (unpaired) electrons. The van der Waals surface area contributed by atoms with Crippen molar-refractivity contribution in [1.82, 2.24) is 5.32 Å². The van der Waals surface area contributed by atoms with E-state index in [4.69, 9.17) is 10.5 Å². The first kappa shape index (κ1) is 24.0. The summed E-state index contributed by atoms with van der Waals surface area (Å²) in [5.74, 6) is -0.0834. The van der Waals surface area contributed by atoms with Crippen LogP contribution in [-0.4, -0.2) is 44.3 Å². The Labute approximate surface area is 163 Å². The third-order valence-electron chi connectivity index (χ3n) is 5.16. The van der Waals surface area contributed by atoms with E-state index in [0.29, 0.717) is 19.6 Å². The molecular weight excluding hydrogens is 361 g/mol. The first-order valence-corrected chi connectivity index (χ1v) is 8.28. The Morgan fingerprint density at radius 1 is 1.32 bits per heavy atom. The summed E-state index contributed by atoms with van der Waals surface area (Å²) < 4.78 is 5.67. The van der Waals surface area contributed by atoms with Gasteiger partial charge < -0.3 is 20.7 Å². The van der Waals surface area contributed by atoms with Gasteiger partial charge in [-0.15, -0.1) is 24.8 Å². The molecule has 1 fully saturated rings. The molecule has 0 bridgehead atoms. The summed E-state index contributed by atoms with van der Waals surface area (Å²) in [6, 6.07) is 10.1. The molecule has 2 atom stereocenters. The molecule has 2 rings (SSSR count). The largest absolute Gasteiger partial charge is 0.378 e. The molecule has 1 aliphatic rings. The fourth-order valence-electron chi connectivity index (χ4n) is 3.13. The van der Waals surface area contributed by atoms with E-state index in [1.807, 2.05) is 58.2 Å². The Morgan fingerprint density at radius 3 is 2.44 bits per heavy atom. The first-order chi connectivity index (χ1) is 10.8. The predicted molar refractivity (Wildman–Crippen MR) is 108 cm³/mol. The summed E-state index contributed by atoms with van der Waals surface area (Å²) in [6.45, 7) is 7.93. The number of amides is 1. The van der Waals surface area contributed by atoms with Gasteiger partial charge in [-0.05, 0) is 19.1 Å². The van der Waals surface area contributed by atoms with Crippen LogP contribution in [-0.2, 0) is 9.53 Å². The molecule has 144 valence electrons. The number of nitrogens with zero attached hydrogens (tertiary/aromatic N) is 1. The quantitative estimate of drug-likeness (QED) is 0.749. The topological polar surface area (TPSA) is 67.6 Å². The highest BCUT2D eigenvalue weighted by molar-refractivity contribution is 5.88. The lowest BCUT2D eigenvalue weighted by molar-refractivity contribution is -0.170. The molecule has 1 saturated carbocycles. The van der Waals surface area contributed by atoms with Crippen molar-refractivity contribution in [3.8, 4) is 0 Å². The van der Waals surface area contributed by atoms with Crippen LogP contribution in [0.2, 0.25) is 0 Å². The van der Waals surface area contributed by atoms with Gasteiger partial charge in [0.2, 0.25) is 5.91 Å². The van der Waals surface area contributed by atoms with Crippen molar-refractivity contribution in [1.29, 1.82) is 0 Å². The third kappa shape index (κ3) is 4.79. The van der Waals surface area contributed by atoms with Crippen molar-refractivity contribution >= 4 is 36.4 Å². The zero-order valence-electron chi connectivity index (χ0n) is 15.5. The summed E-state index contributed by atoms with van der Waals surface area (Å²) in [5.41, 5.74) is 6.30. The Kier molecular flexibility index (Phi) is 9.23. The lowest BCUT2D eigenvalue weighted by Gasteiger charge is -2.57. The molecule has 5 nitrogen and oxygen atoms in total. The molecule has 0 aliphatic heterocycles. The summed E-state index contributed by atoms with van der Waals surface area (Å²) in [6.07, 6.45) is 0.629. The number of likely N-dealkylation sites (N-methyl/N-ethyl adjacent to an activating group) is 1. The number of nitrogens with two attached hydrogens (primary N) is 1. The van der Waals surface area contributed by atoms with Crippen LogP contribution >= 0.6 is 24.8 Å². The average molecular weight is 392 g/mol. The molecule has 1 amide bonds. The number of para-hydroxylation sites is 1. The molecule has 1 aromatic rings. The molecule has 1 aromatic carbocycles. The predicted octanol–water partition coefficient (Wildman–Crippen LogP) is 2.62. The number of ether oxygens (including phenoxy) is 1. The normalized spacial score (nSPS) is 23.5. The summed E-state index contributed by atoms with van der Waals surface area (Å²) >= 11 is 0. The van der Waals surface area contributed by atoms with E-state index in [0.717, 1.165) is 12.2 Å². The van der Waals surface area contributed by atoms with E-state index in [2.05, 4.69) is 10.2 Å². The van der Waals surface area contributed by atoms with Gasteiger partial charge in [-0.3, -0.25) is 4.79 Å². The molecule has 7 heteroatoms. The number of anilines is 1. The van der Waals surface area contributed by atoms with Gasteiger partial charge >= 0.3 is 0 Å². The molecule has 2 unspecified atom stereocenters. The summed E-state index contributed by atoms with van der Waals surface area (Å²) in [4.78, 5) is 14.6. The maximum absolute atomic E-state index is 12.5.